The van der Waals surface area contributed by atoms with Crippen LogP contribution in [0.2, 0.25) is 5.02 Å². The van der Waals surface area contributed by atoms with Gasteiger partial charge in [0.2, 0.25) is 5.91 Å². The molecule has 1 atom stereocenters. The number of nitrogens with zero attached hydrogens (tertiary/aromatic N) is 1. The minimum Gasteiger partial charge on any atom is -0.399 e. The predicted octanol–water partition coefficient (Wildman–Crippen LogP) is 3.52. The van der Waals surface area contributed by atoms with E-state index in [1.54, 1.807) is 18.2 Å². The van der Waals surface area contributed by atoms with Gasteiger partial charge in [-0.05, 0) is 44.0 Å². The van der Waals surface area contributed by atoms with Crippen molar-refractivity contribution in [1.82, 2.24) is 4.90 Å². The second kappa shape index (κ2) is 7.66. The summed E-state index contributed by atoms with van der Waals surface area (Å²) in [5.41, 5.74) is 6.86. The number of halogens is 1. The molecule has 1 saturated heterocycles. The zero-order valence-corrected chi connectivity index (χ0v) is 13.3. The Labute approximate surface area is 131 Å². The van der Waals surface area contributed by atoms with Crippen LogP contribution in [0.25, 0.3) is 0 Å². The summed E-state index contributed by atoms with van der Waals surface area (Å²) in [4.78, 5) is 14.5. The minimum absolute atomic E-state index is 0.00194. The maximum Gasteiger partial charge on any atom is 0.225 e. The van der Waals surface area contributed by atoms with E-state index in [-0.39, 0.29) is 5.91 Å². The van der Waals surface area contributed by atoms with E-state index >= 15 is 0 Å². The van der Waals surface area contributed by atoms with Crippen LogP contribution in [0.3, 0.4) is 0 Å². The number of carbonyl (C=O) groups is 1. The highest BCUT2D eigenvalue weighted by Crippen LogP contribution is 2.24. The fraction of sp³-hybridized carbons (Fsp3) is 0.562. The monoisotopic (exact) mass is 309 g/mol. The summed E-state index contributed by atoms with van der Waals surface area (Å²) < 4.78 is 0. The molecular formula is C16H24ClN3O. The number of rotatable bonds is 5. The van der Waals surface area contributed by atoms with Crippen LogP contribution in [0.4, 0.5) is 11.4 Å². The quantitative estimate of drug-likeness (QED) is 0.818. The summed E-state index contributed by atoms with van der Waals surface area (Å²) in [6, 6.07) is 5.76. The number of benzene rings is 1. The van der Waals surface area contributed by atoms with E-state index in [4.69, 9.17) is 17.3 Å². The fourth-order valence-corrected chi connectivity index (χ4v) is 3.14. The molecular weight excluding hydrogens is 286 g/mol. The van der Waals surface area contributed by atoms with Gasteiger partial charge in [-0.3, -0.25) is 9.69 Å². The average molecular weight is 310 g/mol. The third-order valence-electron chi connectivity index (χ3n) is 4.11. The molecule has 4 nitrogen and oxygen atoms in total. The van der Waals surface area contributed by atoms with Crippen molar-refractivity contribution in [1.29, 1.82) is 0 Å². The van der Waals surface area contributed by atoms with Gasteiger partial charge in [0.05, 0.1) is 10.7 Å². The summed E-state index contributed by atoms with van der Waals surface area (Å²) in [5, 5.41) is 3.34. The van der Waals surface area contributed by atoms with Crippen LogP contribution in [0.1, 0.15) is 39.0 Å². The normalized spacial score (nSPS) is 19.4. The first-order valence-electron chi connectivity index (χ1n) is 7.69. The molecule has 1 aliphatic heterocycles. The Morgan fingerprint density at radius 1 is 1.48 bits per heavy atom. The van der Waals surface area contributed by atoms with E-state index in [2.05, 4.69) is 17.1 Å². The summed E-state index contributed by atoms with van der Waals surface area (Å²) >= 11 is 6.06. The van der Waals surface area contributed by atoms with E-state index in [0.717, 1.165) is 19.5 Å². The average Bonchev–Trinajstić information content (AvgIpc) is 2.48. The largest absolute Gasteiger partial charge is 0.399 e. The number of likely N-dealkylation sites (tertiary alicyclic amines) is 1. The van der Waals surface area contributed by atoms with Crippen molar-refractivity contribution in [2.75, 3.05) is 24.1 Å². The zero-order chi connectivity index (χ0) is 15.2. The van der Waals surface area contributed by atoms with E-state index in [9.17, 15) is 4.79 Å². The van der Waals surface area contributed by atoms with E-state index < -0.39 is 0 Å². The number of nitrogen functional groups attached to an aromatic ring is 1. The van der Waals surface area contributed by atoms with Crippen molar-refractivity contribution in [2.45, 2.75) is 45.1 Å². The van der Waals surface area contributed by atoms with Crippen LogP contribution in [-0.4, -0.2) is 29.9 Å². The Morgan fingerprint density at radius 3 is 3.00 bits per heavy atom. The summed E-state index contributed by atoms with van der Waals surface area (Å²) in [7, 11) is 0. The van der Waals surface area contributed by atoms with Crippen molar-refractivity contribution in [3.8, 4) is 0 Å². The molecule has 1 fully saturated rings. The first-order chi connectivity index (χ1) is 10.1. The number of anilines is 2. The van der Waals surface area contributed by atoms with Crippen LogP contribution in [0.5, 0.6) is 0 Å². The third kappa shape index (κ3) is 4.61. The Bertz CT molecular complexity index is 492. The predicted molar refractivity (Wildman–Crippen MR) is 88.6 cm³/mol. The van der Waals surface area contributed by atoms with Gasteiger partial charge in [0, 0.05) is 24.7 Å². The molecule has 0 spiro atoms. The molecule has 0 aliphatic carbocycles. The van der Waals surface area contributed by atoms with Crippen LogP contribution in [0.15, 0.2) is 18.2 Å². The van der Waals surface area contributed by atoms with Gasteiger partial charge in [-0.2, -0.15) is 0 Å². The molecule has 3 N–H and O–H groups in total. The molecule has 1 aliphatic rings. The molecule has 0 saturated carbocycles. The maximum atomic E-state index is 12.1. The molecule has 1 heterocycles. The second-order valence-corrected chi connectivity index (χ2v) is 6.04. The van der Waals surface area contributed by atoms with Gasteiger partial charge in [0.1, 0.15) is 0 Å². The van der Waals surface area contributed by atoms with Crippen LogP contribution in [0, 0.1) is 0 Å². The molecule has 5 heteroatoms. The Morgan fingerprint density at radius 2 is 2.29 bits per heavy atom. The second-order valence-electron chi connectivity index (χ2n) is 5.63. The van der Waals surface area contributed by atoms with E-state index in [0.29, 0.717) is 28.9 Å². The molecule has 1 unspecified atom stereocenters. The molecule has 2 rings (SSSR count). The highest BCUT2D eigenvalue weighted by atomic mass is 35.5. The molecule has 0 radical (unpaired) electrons. The van der Waals surface area contributed by atoms with Crippen molar-refractivity contribution in [3.05, 3.63) is 23.2 Å². The number of nitrogens with one attached hydrogen (secondary N) is 1. The number of piperidine rings is 1. The first-order valence-corrected chi connectivity index (χ1v) is 8.07. The molecule has 1 aromatic carbocycles. The van der Waals surface area contributed by atoms with Crippen LogP contribution < -0.4 is 11.1 Å². The summed E-state index contributed by atoms with van der Waals surface area (Å²) in [6.07, 6.45) is 5.45. The SMILES string of the molecule is CCC1CCCCN1CCC(=O)Nc1ccc(N)cc1Cl. The van der Waals surface area contributed by atoms with Gasteiger partial charge in [-0.1, -0.05) is 24.9 Å². The molecule has 0 bridgehead atoms. The number of hydrogen-bond donors (Lipinski definition) is 2. The lowest BCUT2D eigenvalue weighted by Crippen LogP contribution is -2.40. The van der Waals surface area contributed by atoms with Gasteiger partial charge in [-0.15, -0.1) is 0 Å². The Hall–Kier alpha value is -1.26. The standard InChI is InChI=1S/C16H24ClN3O/c1-2-13-5-3-4-9-20(13)10-8-16(21)19-15-7-6-12(18)11-14(15)17/h6-7,11,13H,2-5,8-10,18H2,1H3,(H,19,21). The summed E-state index contributed by atoms with van der Waals surface area (Å²) in [5.74, 6) is 0.00194. The van der Waals surface area contributed by atoms with Gasteiger partial charge in [0.25, 0.3) is 0 Å². The lowest BCUT2D eigenvalue weighted by molar-refractivity contribution is -0.116. The van der Waals surface area contributed by atoms with Gasteiger partial charge >= 0.3 is 0 Å². The maximum absolute atomic E-state index is 12.1. The molecule has 116 valence electrons. The van der Waals surface area contributed by atoms with Crippen molar-refractivity contribution in [2.24, 2.45) is 0 Å². The zero-order valence-electron chi connectivity index (χ0n) is 12.6. The lowest BCUT2D eigenvalue weighted by Gasteiger charge is -2.35. The van der Waals surface area contributed by atoms with Gasteiger partial charge in [-0.25, -0.2) is 0 Å². The first kappa shape index (κ1) is 16.1. The number of carbonyl (C=O) groups excluding carboxylic acids is 1. The smallest absolute Gasteiger partial charge is 0.225 e. The molecule has 0 aromatic heterocycles. The van der Waals surface area contributed by atoms with Gasteiger partial charge < -0.3 is 11.1 Å². The van der Waals surface area contributed by atoms with Crippen LogP contribution in [-0.2, 0) is 4.79 Å². The Kier molecular flexibility index (Phi) is 5.88. The third-order valence-corrected chi connectivity index (χ3v) is 4.43. The minimum atomic E-state index is 0.00194. The molecule has 1 amide bonds. The van der Waals surface area contributed by atoms with E-state index in [1.165, 1.54) is 19.3 Å². The fourth-order valence-electron chi connectivity index (χ4n) is 2.91. The van der Waals surface area contributed by atoms with Crippen molar-refractivity contribution < 1.29 is 4.79 Å². The van der Waals surface area contributed by atoms with Crippen molar-refractivity contribution in [3.63, 3.8) is 0 Å². The highest BCUT2D eigenvalue weighted by molar-refractivity contribution is 6.34. The number of nitrogens with two attached hydrogens (primary N) is 1. The number of amides is 1. The van der Waals surface area contributed by atoms with Crippen LogP contribution >= 0.6 is 11.6 Å². The van der Waals surface area contributed by atoms with E-state index in [1.807, 2.05) is 0 Å². The van der Waals surface area contributed by atoms with Crippen molar-refractivity contribution >= 4 is 28.9 Å². The number of hydrogen-bond acceptors (Lipinski definition) is 3. The molecule has 1 aromatic rings. The highest BCUT2D eigenvalue weighted by Gasteiger charge is 2.21. The van der Waals surface area contributed by atoms with Gasteiger partial charge in [0.15, 0.2) is 0 Å². The lowest BCUT2D eigenvalue weighted by atomic mass is 10.00. The topological polar surface area (TPSA) is 58.4 Å². The summed E-state index contributed by atoms with van der Waals surface area (Å²) in [6.45, 7) is 4.14. The Balaban J connectivity index is 1.84. The molecule has 21 heavy (non-hydrogen) atoms.